The molecule has 0 N–H and O–H groups in total. The number of hydrogen-bond donors (Lipinski definition) is 0. The summed E-state index contributed by atoms with van der Waals surface area (Å²) in [6.45, 7) is 5.68. The highest BCUT2D eigenvalue weighted by Crippen LogP contribution is 2.63. The van der Waals surface area contributed by atoms with Crippen LogP contribution in [-0.4, -0.2) is 24.6 Å². The smallest absolute Gasteiger partial charge is 0.118 e. The van der Waals surface area contributed by atoms with E-state index in [1.54, 1.807) is 7.11 Å². The second kappa shape index (κ2) is 6.21. The van der Waals surface area contributed by atoms with Gasteiger partial charge in [0, 0.05) is 22.2 Å². The van der Waals surface area contributed by atoms with Gasteiger partial charge in [-0.25, -0.2) is 0 Å². The van der Waals surface area contributed by atoms with Crippen LogP contribution in [0.1, 0.15) is 39.5 Å². The summed E-state index contributed by atoms with van der Waals surface area (Å²) in [4.78, 5) is 1.36. The van der Waals surface area contributed by atoms with E-state index in [4.69, 9.17) is 9.47 Å². The van der Waals surface area contributed by atoms with Gasteiger partial charge in [0.25, 0.3) is 0 Å². The summed E-state index contributed by atoms with van der Waals surface area (Å²) in [6.07, 6.45) is 5.50. The maximum absolute atomic E-state index is 6.02. The van der Waals surface area contributed by atoms with Crippen molar-refractivity contribution in [3.63, 3.8) is 0 Å². The number of hydrogen-bond acceptors (Lipinski definition) is 3. The largest absolute Gasteiger partial charge is 0.497 e. The molecule has 1 aromatic carbocycles. The van der Waals surface area contributed by atoms with Crippen molar-refractivity contribution in [3.05, 3.63) is 24.3 Å². The van der Waals surface area contributed by atoms with Crippen LogP contribution in [0.25, 0.3) is 0 Å². The van der Waals surface area contributed by atoms with Gasteiger partial charge in [0.2, 0.25) is 0 Å². The van der Waals surface area contributed by atoms with Crippen molar-refractivity contribution < 1.29 is 9.47 Å². The summed E-state index contributed by atoms with van der Waals surface area (Å²) < 4.78 is 11.7. The summed E-state index contributed by atoms with van der Waals surface area (Å²) in [7, 11) is 1.72. The predicted molar refractivity (Wildman–Crippen MR) is 88.1 cm³/mol. The van der Waals surface area contributed by atoms with E-state index in [1.807, 2.05) is 0 Å². The van der Waals surface area contributed by atoms with E-state index < -0.39 is 0 Å². The SMILES string of the molecule is CCC(C1CCCO1)C1(Sc2ccc(OC)cc2)CC1C. The molecule has 1 saturated heterocycles. The summed E-state index contributed by atoms with van der Waals surface area (Å²) in [5, 5.41) is 0. The lowest BCUT2D eigenvalue weighted by molar-refractivity contribution is 0.0560. The average Bonchev–Trinajstić information content (AvgIpc) is 2.92. The van der Waals surface area contributed by atoms with Gasteiger partial charge in [0.1, 0.15) is 5.75 Å². The molecule has 1 heterocycles. The molecule has 4 atom stereocenters. The molecule has 1 aliphatic heterocycles. The highest BCUT2D eigenvalue weighted by molar-refractivity contribution is 8.01. The molecule has 2 fully saturated rings. The Hall–Kier alpha value is -0.670. The Kier molecular flexibility index (Phi) is 4.51. The number of benzene rings is 1. The predicted octanol–water partition coefficient (Wildman–Crippen LogP) is 4.77. The van der Waals surface area contributed by atoms with Gasteiger partial charge >= 0.3 is 0 Å². The molecular weight excluding hydrogens is 280 g/mol. The topological polar surface area (TPSA) is 18.5 Å². The Morgan fingerprint density at radius 1 is 1.38 bits per heavy atom. The molecule has 0 aromatic heterocycles. The lowest BCUT2D eigenvalue weighted by Crippen LogP contribution is -2.32. The molecule has 0 radical (unpaired) electrons. The maximum Gasteiger partial charge on any atom is 0.118 e. The number of ether oxygens (including phenoxy) is 2. The van der Waals surface area contributed by atoms with Gasteiger partial charge in [-0.15, -0.1) is 11.8 Å². The highest BCUT2D eigenvalue weighted by Gasteiger charge is 2.58. The van der Waals surface area contributed by atoms with Crippen molar-refractivity contribution in [1.82, 2.24) is 0 Å². The first-order valence-electron chi connectivity index (χ1n) is 8.14. The first-order valence-corrected chi connectivity index (χ1v) is 8.96. The Bertz CT molecular complexity index is 467. The Morgan fingerprint density at radius 2 is 2.10 bits per heavy atom. The molecule has 21 heavy (non-hydrogen) atoms. The third kappa shape index (κ3) is 2.95. The van der Waals surface area contributed by atoms with Gasteiger partial charge in [0.15, 0.2) is 0 Å². The van der Waals surface area contributed by atoms with Gasteiger partial charge in [-0.2, -0.15) is 0 Å². The quantitative estimate of drug-likeness (QED) is 0.754. The van der Waals surface area contributed by atoms with Gasteiger partial charge in [-0.3, -0.25) is 0 Å². The van der Waals surface area contributed by atoms with Crippen molar-refractivity contribution in [2.45, 2.75) is 55.3 Å². The fourth-order valence-corrected chi connectivity index (χ4v) is 5.58. The molecule has 0 amide bonds. The van der Waals surface area contributed by atoms with Crippen LogP contribution in [0.3, 0.4) is 0 Å². The molecular formula is C18H26O2S. The Labute approximate surface area is 132 Å². The second-order valence-electron chi connectivity index (χ2n) is 6.40. The Balaban J connectivity index is 1.75. The molecule has 4 unspecified atom stereocenters. The second-order valence-corrected chi connectivity index (χ2v) is 7.84. The van der Waals surface area contributed by atoms with Crippen LogP contribution in [-0.2, 0) is 4.74 Å². The van der Waals surface area contributed by atoms with Gasteiger partial charge in [-0.1, -0.05) is 13.8 Å². The molecule has 2 aliphatic rings. The lowest BCUT2D eigenvalue weighted by Gasteiger charge is -2.31. The summed E-state index contributed by atoms with van der Waals surface area (Å²) in [5.74, 6) is 2.41. The van der Waals surface area contributed by atoms with Gasteiger partial charge < -0.3 is 9.47 Å². The van der Waals surface area contributed by atoms with Crippen LogP contribution in [0.4, 0.5) is 0 Å². The van der Waals surface area contributed by atoms with Crippen molar-refractivity contribution in [1.29, 1.82) is 0 Å². The summed E-state index contributed by atoms with van der Waals surface area (Å²) in [6, 6.07) is 8.52. The fraction of sp³-hybridized carbons (Fsp3) is 0.667. The molecule has 3 heteroatoms. The minimum absolute atomic E-state index is 0.387. The maximum atomic E-state index is 6.02. The van der Waals surface area contributed by atoms with E-state index >= 15 is 0 Å². The molecule has 1 aromatic rings. The van der Waals surface area contributed by atoms with Crippen LogP contribution in [0, 0.1) is 11.8 Å². The lowest BCUT2D eigenvalue weighted by atomic mass is 9.90. The normalized spacial score (nSPS) is 32.9. The third-order valence-electron chi connectivity index (χ3n) is 5.15. The standard InChI is InChI=1S/C18H26O2S/c1-4-16(17-6-5-11-20-17)18(12-13(18)2)21-15-9-7-14(19-3)8-10-15/h7-10,13,16-17H,4-6,11-12H2,1-3H3. The zero-order valence-corrected chi connectivity index (χ0v) is 14.1. The molecule has 3 rings (SSSR count). The number of rotatable bonds is 6. The van der Waals surface area contributed by atoms with Crippen LogP contribution in [0.15, 0.2) is 29.2 Å². The highest BCUT2D eigenvalue weighted by atomic mass is 32.2. The molecule has 2 nitrogen and oxygen atoms in total. The summed E-state index contributed by atoms with van der Waals surface area (Å²) in [5.41, 5.74) is 0. The van der Waals surface area contributed by atoms with Crippen molar-refractivity contribution in [3.8, 4) is 5.75 Å². The van der Waals surface area contributed by atoms with E-state index in [9.17, 15) is 0 Å². The first-order chi connectivity index (χ1) is 10.2. The van der Waals surface area contributed by atoms with Gasteiger partial charge in [-0.05, 0) is 55.9 Å². The summed E-state index contributed by atoms with van der Waals surface area (Å²) >= 11 is 2.07. The molecule has 0 bridgehead atoms. The molecule has 0 spiro atoms. The van der Waals surface area contributed by atoms with E-state index in [-0.39, 0.29) is 0 Å². The van der Waals surface area contributed by atoms with Crippen LogP contribution in [0.5, 0.6) is 5.75 Å². The third-order valence-corrected chi connectivity index (χ3v) is 6.91. The zero-order chi connectivity index (χ0) is 14.9. The van der Waals surface area contributed by atoms with Crippen molar-refractivity contribution in [2.75, 3.05) is 13.7 Å². The van der Waals surface area contributed by atoms with Crippen LogP contribution in [0.2, 0.25) is 0 Å². The molecule has 1 saturated carbocycles. The van der Waals surface area contributed by atoms with Crippen molar-refractivity contribution in [2.24, 2.45) is 11.8 Å². The van der Waals surface area contributed by atoms with Crippen LogP contribution < -0.4 is 4.74 Å². The van der Waals surface area contributed by atoms with Gasteiger partial charge in [0.05, 0.1) is 13.2 Å². The molecule has 116 valence electrons. The van der Waals surface area contributed by atoms with Crippen LogP contribution >= 0.6 is 11.8 Å². The number of thioether (sulfide) groups is 1. The van der Waals surface area contributed by atoms with E-state index in [0.29, 0.717) is 16.8 Å². The minimum atomic E-state index is 0.387. The monoisotopic (exact) mass is 306 g/mol. The van der Waals surface area contributed by atoms with E-state index in [1.165, 1.54) is 30.6 Å². The van der Waals surface area contributed by atoms with E-state index in [0.717, 1.165) is 18.3 Å². The van der Waals surface area contributed by atoms with Crippen molar-refractivity contribution >= 4 is 11.8 Å². The fourth-order valence-electron chi connectivity index (χ4n) is 3.86. The van der Waals surface area contributed by atoms with E-state index in [2.05, 4.69) is 49.9 Å². The first kappa shape index (κ1) is 15.2. The average molecular weight is 306 g/mol. The molecule has 1 aliphatic carbocycles. The minimum Gasteiger partial charge on any atom is -0.497 e. The number of methoxy groups -OCH3 is 1. The Morgan fingerprint density at radius 3 is 2.57 bits per heavy atom. The zero-order valence-electron chi connectivity index (χ0n) is 13.3.